The highest BCUT2D eigenvalue weighted by atomic mass is 35.5. The van der Waals surface area contributed by atoms with Gasteiger partial charge in [-0.15, -0.1) is 0 Å². The number of hydrogen-bond donors (Lipinski definition) is 1. The molecule has 1 unspecified atom stereocenters. The summed E-state index contributed by atoms with van der Waals surface area (Å²) in [5, 5.41) is 0.309. The van der Waals surface area contributed by atoms with Crippen molar-refractivity contribution >= 4 is 21.6 Å². The zero-order valence-electron chi connectivity index (χ0n) is 15.8. The van der Waals surface area contributed by atoms with E-state index in [0.29, 0.717) is 29.7 Å². The van der Waals surface area contributed by atoms with Crippen LogP contribution in [0.15, 0.2) is 41.3 Å². The van der Waals surface area contributed by atoms with Crippen LogP contribution in [0.25, 0.3) is 0 Å². The Morgan fingerprint density at radius 1 is 1.00 bits per heavy atom. The molecule has 0 heterocycles. The standard InChI is InChI=1S/C19H24ClNO5S/c1-5-25-16-9-7-14(11-18(16)26-6-2)13(3)21-27(22,23)19-12-15(20)8-10-17(19)24-4/h7-13,21H,5-6H2,1-4H3. The molecule has 2 aromatic rings. The van der Waals surface area contributed by atoms with Gasteiger partial charge in [0.05, 0.1) is 20.3 Å². The van der Waals surface area contributed by atoms with Crippen molar-refractivity contribution in [1.29, 1.82) is 0 Å². The molecule has 0 spiro atoms. The van der Waals surface area contributed by atoms with Crippen LogP contribution in [0.5, 0.6) is 17.2 Å². The second kappa shape index (κ2) is 9.30. The number of halogens is 1. The third-order valence-corrected chi connectivity index (χ3v) is 5.61. The van der Waals surface area contributed by atoms with Crippen LogP contribution in [0.3, 0.4) is 0 Å². The first kappa shape index (κ1) is 21.3. The van der Waals surface area contributed by atoms with Crippen LogP contribution in [0.1, 0.15) is 32.4 Å². The van der Waals surface area contributed by atoms with Crippen molar-refractivity contribution in [2.24, 2.45) is 0 Å². The van der Waals surface area contributed by atoms with Gasteiger partial charge < -0.3 is 14.2 Å². The molecule has 2 rings (SSSR count). The number of ether oxygens (including phenoxy) is 3. The van der Waals surface area contributed by atoms with E-state index in [4.69, 9.17) is 25.8 Å². The van der Waals surface area contributed by atoms with Crippen molar-refractivity contribution in [1.82, 2.24) is 4.72 Å². The second-order valence-corrected chi connectivity index (χ2v) is 7.83. The van der Waals surface area contributed by atoms with Gasteiger partial charge in [-0.1, -0.05) is 17.7 Å². The highest BCUT2D eigenvalue weighted by molar-refractivity contribution is 7.89. The summed E-state index contributed by atoms with van der Waals surface area (Å²) in [4.78, 5) is -0.0136. The largest absolute Gasteiger partial charge is 0.495 e. The molecular formula is C19H24ClNO5S. The van der Waals surface area contributed by atoms with Crippen molar-refractivity contribution in [2.45, 2.75) is 31.7 Å². The number of nitrogens with one attached hydrogen (secondary N) is 1. The van der Waals surface area contributed by atoms with Crippen LogP contribution in [-0.4, -0.2) is 28.7 Å². The topological polar surface area (TPSA) is 73.9 Å². The van der Waals surface area contributed by atoms with E-state index >= 15 is 0 Å². The predicted octanol–water partition coefficient (Wildman–Crippen LogP) is 4.19. The molecule has 0 fully saturated rings. The Labute approximate surface area is 165 Å². The summed E-state index contributed by atoms with van der Waals surface area (Å²) in [6, 6.07) is 9.30. The maximum Gasteiger partial charge on any atom is 0.244 e. The van der Waals surface area contributed by atoms with Crippen LogP contribution in [0.2, 0.25) is 5.02 Å². The molecule has 2 aromatic carbocycles. The molecule has 0 saturated carbocycles. The van der Waals surface area contributed by atoms with Gasteiger partial charge in [0.2, 0.25) is 10.0 Å². The molecule has 0 amide bonds. The van der Waals surface area contributed by atoms with Gasteiger partial charge in [0, 0.05) is 11.1 Å². The van der Waals surface area contributed by atoms with Crippen molar-refractivity contribution in [3.63, 3.8) is 0 Å². The van der Waals surface area contributed by atoms with Crippen LogP contribution in [0.4, 0.5) is 0 Å². The zero-order chi connectivity index (χ0) is 20.0. The number of hydrogen-bond acceptors (Lipinski definition) is 5. The van der Waals surface area contributed by atoms with E-state index < -0.39 is 16.1 Å². The molecule has 6 nitrogen and oxygen atoms in total. The smallest absolute Gasteiger partial charge is 0.244 e. The average molecular weight is 414 g/mol. The highest BCUT2D eigenvalue weighted by Gasteiger charge is 2.23. The Morgan fingerprint density at radius 2 is 1.63 bits per heavy atom. The molecule has 0 radical (unpaired) electrons. The van der Waals surface area contributed by atoms with Gasteiger partial charge in [-0.3, -0.25) is 0 Å². The van der Waals surface area contributed by atoms with E-state index in [0.717, 1.165) is 5.56 Å². The van der Waals surface area contributed by atoms with Gasteiger partial charge >= 0.3 is 0 Å². The van der Waals surface area contributed by atoms with E-state index in [1.807, 2.05) is 13.8 Å². The third-order valence-electron chi connectivity index (χ3n) is 3.81. The minimum absolute atomic E-state index is 0.0136. The fourth-order valence-electron chi connectivity index (χ4n) is 2.56. The molecule has 1 N–H and O–H groups in total. The number of methoxy groups -OCH3 is 1. The van der Waals surface area contributed by atoms with Crippen LogP contribution >= 0.6 is 11.6 Å². The Morgan fingerprint density at radius 3 is 2.26 bits per heavy atom. The monoisotopic (exact) mass is 413 g/mol. The van der Waals surface area contributed by atoms with Gasteiger partial charge in [0.15, 0.2) is 11.5 Å². The SMILES string of the molecule is CCOc1ccc(C(C)NS(=O)(=O)c2cc(Cl)ccc2OC)cc1OCC. The second-order valence-electron chi connectivity index (χ2n) is 5.71. The molecule has 0 bridgehead atoms. The predicted molar refractivity (Wildman–Crippen MR) is 106 cm³/mol. The fourth-order valence-corrected chi connectivity index (χ4v) is 4.23. The quantitative estimate of drug-likeness (QED) is 0.667. The summed E-state index contributed by atoms with van der Waals surface area (Å²) >= 11 is 5.96. The van der Waals surface area contributed by atoms with Crippen molar-refractivity contribution < 1.29 is 22.6 Å². The van der Waals surface area contributed by atoms with E-state index in [2.05, 4.69) is 4.72 Å². The van der Waals surface area contributed by atoms with Crippen molar-refractivity contribution in [3.8, 4) is 17.2 Å². The Kier molecular flexibility index (Phi) is 7.35. The van der Waals surface area contributed by atoms with E-state index in [-0.39, 0.29) is 10.6 Å². The van der Waals surface area contributed by atoms with Crippen LogP contribution < -0.4 is 18.9 Å². The average Bonchev–Trinajstić information content (AvgIpc) is 2.63. The summed E-state index contributed by atoms with van der Waals surface area (Å²) < 4.78 is 44.6. The maximum absolute atomic E-state index is 12.8. The number of rotatable bonds is 9. The van der Waals surface area contributed by atoms with Gasteiger partial charge in [-0.05, 0) is 56.7 Å². The lowest BCUT2D eigenvalue weighted by Crippen LogP contribution is -2.27. The van der Waals surface area contributed by atoms with Crippen molar-refractivity contribution in [3.05, 3.63) is 47.0 Å². The molecule has 0 saturated heterocycles. The van der Waals surface area contributed by atoms with Crippen LogP contribution in [-0.2, 0) is 10.0 Å². The summed E-state index contributed by atoms with van der Waals surface area (Å²) in [7, 11) is -2.44. The van der Waals surface area contributed by atoms with Gasteiger partial charge in [-0.2, -0.15) is 0 Å². The van der Waals surface area contributed by atoms with Crippen LogP contribution in [0, 0.1) is 0 Å². The molecule has 8 heteroatoms. The molecule has 0 aromatic heterocycles. The third kappa shape index (κ3) is 5.28. The Balaban J connectivity index is 2.32. The minimum atomic E-state index is -3.85. The summed E-state index contributed by atoms with van der Waals surface area (Å²) in [5.74, 6) is 1.42. The maximum atomic E-state index is 12.8. The molecule has 1 atom stereocenters. The zero-order valence-corrected chi connectivity index (χ0v) is 17.4. The highest BCUT2D eigenvalue weighted by Crippen LogP contribution is 2.32. The molecule has 0 aliphatic rings. The first-order chi connectivity index (χ1) is 12.8. The summed E-state index contributed by atoms with van der Waals surface area (Å²) in [5.41, 5.74) is 0.742. The molecule has 0 aliphatic heterocycles. The van der Waals surface area contributed by atoms with Gasteiger partial charge in [0.1, 0.15) is 10.6 Å². The summed E-state index contributed by atoms with van der Waals surface area (Å²) in [6.45, 7) is 6.50. The number of sulfonamides is 1. The first-order valence-electron chi connectivity index (χ1n) is 8.57. The van der Waals surface area contributed by atoms with E-state index in [1.54, 1.807) is 31.2 Å². The Bertz CT molecular complexity index is 886. The summed E-state index contributed by atoms with van der Waals surface area (Å²) in [6.07, 6.45) is 0. The fraction of sp³-hybridized carbons (Fsp3) is 0.368. The lowest BCUT2D eigenvalue weighted by molar-refractivity contribution is 0.287. The molecule has 27 heavy (non-hydrogen) atoms. The normalized spacial score (nSPS) is 12.5. The Hall–Kier alpha value is -1.96. The van der Waals surface area contributed by atoms with Gasteiger partial charge in [-0.25, -0.2) is 13.1 Å². The molecule has 0 aliphatic carbocycles. The molecule has 148 valence electrons. The van der Waals surface area contributed by atoms with Crippen molar-refractivity contribution in [2.75, 3.05) is 20.3 Å². The number of benzene rings is 2. The lowest BCUT2D eigenvalue weighted by Gasteiger charge is -2.18. The molecular weight excluding hydrogens is 390 g/mol. The van der Waals surface area contributed by atoms with E-state index in [9.17, 15) is 8.42 Å². The van der Waals surface area contributed by atoms with Gasteiger partial charge in [0.25, 0.3) is 0 Å². The van der Waals surface area contributed by atoms with E-state index in [1.165, 1.54) is 19.2 Å². The lowest BCUT2D eigenvalue weighted by atomic mass is 10.1. The minimum Gasteiger partial charge on any atom is -0.495 e. The first-order valence-corrected chi connectivity index (χ1v) is 10.4.